The number of rotatable bonds is 3. The number of piperidine rings is 2. The maximum atomic E-state index is 12.9. The van der Waals surface area contributed by atoms with Crippen LogP contribution < -0.4 is 0 Å². The zero-order chi connectivity index (χ0) is 18.0. The zero-order valence-electron chi connectivity index (χ0n) is 15.1. The number of amides is 1. The molecule has 1 aromatic rings. The number of nitrogens with zero attached hydrogens (tertiary/aromatic N) is 2. The lowest BCUT2D eigenvalue weighted by molar-refractivity contribution is -0.138. The predicted molar refractivity (Wildman–Crippen MR) is 97.6 cm³/mol. The molecule has 0 unspecified atom stereocenters. The summed E-state index contributed by atoms with van der Waals surface area (Å²) in [4.78, 5) is 15.1. The number of benzene rings is 1. The summed E-state index contributed by atoms with van der Waals surface area (Å²) in [6.07, 6.45) is 3.74. The molecule has 2 aliphatic heterocycles. The van der Waals surface area contributed by atoms with Crippen LogP contribution in [0.3, 0.4) is 0 Å². The van der Waals surface area contributed by atoms with Crippen molar-refractivity contribution in [3.05, 3.63) is 29.8 Å². The highest BCUT2D eigenvalue weighted by molar-refractivity contribution is 7.89. The van der Waals surface area contributed by atoms with Crippen molar-refractivity contribution in [2.75, 3.05) is 26.2 Å². The van der Waals surface area contributed by atoms with E-state index in [-0.39, 0.29) is 11.8 Å². The number of sulfonamides is 1. The van der Waals surface area contributed by atoms with Crippen molar-refractivity contribution in [2.45, 2.75) is 44.4 Å². The molecule has 0 bridgehead atoms. The summed E-state index contributed by atoms with van der Waals surface area (Å²) in [6.45, 7) is 6.53. The highest BCUT2D eigenvalue weighted by atomic mass is 32.2. The van der Waals surface area contributed by atoms with Gasteiger partial charge < -0.3 is 4.90 Å². The topological polar surface area (TPSA) is 57.7 Å². The minimum atomic E-state index is -3.52. The van der Waals surface area contributed by atoms with Gasteiger partial charge in [0.05, 0.1) is 10.8 Å². The van der Waals surface area contributed by atoms with Gasteiger partial charge in [-0.3, -0.25) is 4.79 Å². The average molecular weight is 365 g/mol. The summed E-state index contributed by atoms with van der Waals surface area (Å²) >= 11 is 0. The SMILES string of the molecule is Cc1ccc(S(=O)(=O)N2CCC[C@@H](C(=O)N3CCC[C@H](C)C3)C2)cc1. The number of aryl methyl sites for hydroxylation is 1. The van der Waals surface area contributed by atoms with Gasteiger partial charge in [-0.05, 0) is 50.7 Å². The highest BCUT2D eigenvalue weighted by Crippen LogP contribution is 2.26. The molecule has 2 saturated heterocycles. The quantitative estimate of drug-likeness (QED) is 0.828. The van der Waals surface area contributed by atoms with Crippen LogP contribution in [0.1, 0.15) is 38.2 Å². The Morgan fingerprint density at radius 1 is 1.04 bits per heavy atom. The van der Waals surface area contributed by atoms with E-state index in [1.165, 1.54) is 10.7 Å². The van der Waals surface area contributed by atoms with E-state index in [1.807, 2.05) is 24.0 Å². The first-order valence-electron chi connectivity index (χ1n) is 9.23. The van der Waals surface area contributed by atoms with Gasteiger partial charge in [0.2, 0.25) is 15.9 Å². The first-order chi connectivity index (χ1) is 11.9. The van der Waals surface area contributed by atoms with E-state index >= 15 is 0 Å². The monoisotopic (exact) mass is 364 g/mol. The second-order valence-electron chi connectivity index (χ2n) is 7.55. The minimum Gasteiger partial charge on any atom is -0.342 e. The molecule has 0 N–H and O–H groups in total. The van der Waals surface area contributed by atoms with Crippen LogP contribution in [0.5, 0.6) is 0 Å². The van der Waals surface area contributed by atoms with Crippen LogP contribution in [0.4, 0.5) is 0 Å². The van der Waals surface area contributed by atoms with Gasteiger partial charge in [0.1, 0.15) is 0 Å². The van der Waals surface area contributed by atoms with Crippen LogP contribution in [0.15, 0.2) is 29.2 Å². The first-order valence-corrected chi connectivity index (χ1v) is 10.7. The Labute approximate surface area is 151 Å². The molecule has 2 fully saturated rings. The molecule has 5 nitrogen and oxygen atoms in total. The van der Waals surface area contributed by atoms with Gasteiger partial charge in [-0.2, -0.15) is 4.31 Å². The Bertz CT molecular complexity index is 715. The molecule has 0 saturated carbocycles. The smallest absolute Gasteiger partial charge is 0.243 e. The molecule has 2 heterocycles. The molecule has 3 rings (SSSR count). The van der Waals surface area contributed by atoms with Gasteiger partial charge in [-0.25, -0.2) is 8.42 Å². The van der Waals surface area contributed by atoms with Gasteiger partial charge in [-0.15, -0.1) is 0 Å². The van der Waals surface area contributed by atoms with Crippen LogP contribution in [0.25, 0.3) is 0 Å². The Kier molecular flexibility index (Phi) is 5.49. The molecule has 6 heteroatoms. The molecule has 0 aliphatic carbocycles. The molecule has 25 heavy (non-hydrogen) atoms. The third-order valence-electron chi connectivity index (χ3n) is 5.36. The molecule has 1 amide bonds. The highest BCUT2D eigenvalue weighted by Gasteiger charge is 2.35. The molecule has 0 spiro atoms. The molecule has 138 valence electrons. The fourth-order valence-corrected chi connectivity index (χ4v) is 5.39. The van der Waals surface area contributed by atoms with E-state index in [2.05, 4.69) is 6.92 Å². The third-order valence-corrected chi connectivity index (χ3v) is 7.24. The van der Waals surface area contributed by atoms with E-state index < -0.39 is 10.0 Å². The van der Waals surface area contributed by atoms with Crippen molar-refractivity contribution in [1.29, 1.82) is 0 Å². The summed E-state index contributed by atoms with van der Waals surface area (Å²) in [7, 11) is -3.52. The Morgan fingerprint density at radius 2 is 1.72 bits per heavy atom. The molecule has 2 aliphatic rings. The molecule has 0 radical (unpaired) electrons. The van der Waals surface area contributed by atoms with Crippen LogP contribution in [-0.2, 0) is 14.8 Å². The van der Waals surface area contributed by atoms with Gasteiger partial charge in [-0.1, -0.05) is 24.6 Å². The van der Waals surface area contributed by atoms with E-state index in [0.29, 0.717) is 23.9 Å². The maximum absolute atomic E-state index is 12.9. The van der Waals surface area contributed by atoms with Crippen molar-refractivity contribution in [3.8, 4) is 0 Å². The van der Waals surface area contributed by atoms with Crippen LogP contribution in [-0.4, -0.2) is 49.7 Å². The molecule has 0 aromatic heterocycles. The van der Waals surface area contributed by atoms with Gasteiger partial charge in [0.25, 0.3) is 0 Å². The Hall–Kier alpha value is -1.40. The first kappa shape index (κ1) is 18.4. The van der Waals surface area contributed by atoms with E-state index in [0.717, 1.165) is 37.9 Å². The summed E-state index contributed by atoms with van der Waals surface area (Å²) in [5.41, 5.74) is 1.03. The van der Waals surface area contributed by atoms with Crippen molar-refractivity contribution in [1.82, 2.24) is 9.21 Å². The number of hydrogen-bond acceptors (Lipinski definition) is 3. The molecule has 1 aromatic carbocycles. The molecular formula is C19H28N2O3S. The second kappa shape index (κ2) is 7.46. The van der Waals surface area contributed by atoms with E-state index in [9.17, 15) is 13.2 Å². The average Bonchev–Trinajstić information content (AvgIpc) is 2.61. The van der Waals surface area contributed by atoms with Crippen LogP contribution in [0.2, 0.25) is 0 Å². The van der Waals surface area contributed by atoms with Gasteiger partial charge in [0, 0.05) is 26.2 Å². The van der Waals surface area contributed by atoms with Crippen LogP contribution >= 0.6 is 0 Å². The lowest BCUT2D eigenvalue weighted by Gasteiger charge is -2.37. The predicted octanol–water partition coefficient (Wildman–Crippen LogP) is 2.65. The lowest BCUT2D eigenvalue weighted by atomic mass is 9.94. The largest absolute Gasteiger partial charge is 0.342 e. The second-order valence-corrected chi connectivity index (χ2v) is 9.48. The molecule has 2 atom stereocenters. The summed E-state index contributed by atoms with van der Waals surface area (Å²) < 4.78 is 27.3. The number of hydrogen-bond donors (Lipinski definition) is 0. The number of carbonyl (C=O) groups excluding carboxylic acids is 1. The van der Waals surface area contributed by atoms with E-state index in [1.54, 1.807) is 12.1 Å². The summed E-state index contributed by atoms with van der Waals surface area (Å²) in [5.74, 6) is 0.461. The Balaban J connectivity index is 1.72. The summed E-state index contributed by atoms with van der Waals surface area (Å²) in [5, 5.41) is 0. The van der Waals surface area contributed by atoms with Crippen LogP contribution in [0, 0.1) is 18.8 Å². The van der Waals surface area contributed by atoms with E-state index in [4.69, 9.17) is 0 Å². The summed E-state index contributed by atoms with van der Waals surface area (Å²) in [6, 6.07) is 6.94. The van der Waals surface area contributed by atoms with Crippen molar-refractivity contribution in [2.24, 2.45) is 11.8 Å². The normalized spacial score (nSPS) is 25.8. The number of carbonyl (C=O) groups is 1. The van der Waals surface area contributed by atoms with Gasteiger partial charge in [0.15, 0.2) is 0 Å². The Morgan fingerprint density at radius 3 is 2.40 bits per heavy atom. The van der Waals surface area contributed by atoms with Crippen molar-refractivity contribution >= 4 is 15.9 Å². The zero-order valence-corrected chi connectivity index (χ0v) is 16.0. The molecular weight excluding hydrogens is 336 g/mol. The lowest BCUT2D eigenvalue weighted by Crippen LogP contribution is -2.48. The fourth-order valence-electron chi connectivity index (χ4n) is 3.87. The maximum Gasteiger partial charge on any atom is 0.243 e. The minimum absolute atomic E-state index is 0.135. The van der Waals surface area contributed by atoms with Gasteiger partial charge >= 0.3 is 0 Å². The number of likely N-dealkylation sites (tertiary alicyclic amines) is 1. The van der Waals surface area contributed by atoms with Crippen molar-refractivity contribution < 1.29 is 13.2 Å². The fraction of sp³-hybridized carbons (Fsp3) is 0.632. The third kappa shape index (κ3) is 4.06. The van der Waals surface area contributed by atoms with Crippen molar-refractivity contribution in [3.63, 3.8) is 0 Å². The standard InChI is InChI=1S/C19H28N2O3S/c1-15-7-9-18(10-8-15)25(23,24)21-12-4-6-17(14-21)19(22)20-11-3-5-16(2)13-20/h7-10,16-17H,3-6,11-14H2,1-2H3/t16-,17+/m0/s1.